The fourth-order valence-electron chi connectivity index (χ4n) is 12.7. The van der Waals surface area contributed by atoms with Crippen LogP contribution in [0.2, 0.25) is 0 Å². The topological polar surface area (TPSA) is 231 Å². The van der Waals surface area contributed by atoms with E-state index in [1.54, 1.807) is 0 Å². The predicted molar refractivity (Wildman–Crippen MR) is 509 cm³/mol. The summed E-state index contributed by atoms with van der Waals surface area (Å²) < 4.78 is 61.5. The molecule has 121 heavy (non-hydrogen) atoms. The summed E-state index contributed by atoms with van der Waals surface area (Å²) in [6, 6.07) is 0. The van der Waals surface area contributed by atoms with Crippen LogP contribution in [-0.4, -0.2) is 95.9 Å². The van der Waals surface area contributed by atoms with Gasteiger partial charge in [0.25, 0.3) is 0 Å². The standard InChI is InChI=1S/C103H172O16P2/c1-4-7-10-13-16-19-22-25-28-31-34-37-40-42-44-46-47-48-49-51-53-54-57-59-62-65-68-71-74-77-80-83-86-89-101(106)113-92-98(104)93-115-120(109,110)116-94-99(105)95-117-121(111,112)118-97-100(119-103(108)91-88-85-82-79-76-73-70-67-64-61-56-39-36-33-30-27-24-21-18-15-12-9-6-3)96-114-102(107)90-87-84-81-78-75-72-69-66-63-60-58-55-52-50-45-43-41-38-35-32-29-26-23-20-17-14-11-8-5-2/h7-12,16-21,25-30,34-39,42-45,61,64,70,73,98-100,104-105H,4-6,13-15,22-24,31-33,40-41,46-60,62-63,65-69,71-72,74-97H2,1-3H3,(H,109,110)(H,111,112)/b10-7-,11-8-,12-9-,19-16-,20-17-,21-18-,28-25-,29-26-,30-27-,37-34-,38-35-,39-36-,44-42-,45-43-,64-61-,73-70-. The molecule has 0 spiro atoms. The first-order chi connectivity index (χ1) is 59.2. The molecule has 0 aliphatic rings. The van der Waals surface area contributed by atoms with Crippen LogP contribution in [0.3, 0.4) is 0 Å². The molecule has 0 saturated carbocycles. The first-order valence-electron chi connectivity index (χ1n) is 47.7. The van der Waals surface area contributed by atoms with Gasteiger partial charge < -0.3 is 34.2 Å². The summed E-state index contributed by atoms with van der Waals surface area (Å²) in [6.07, 6.45) is 125. The molecule has 5 atom stereocenters. The van der Waals surface area contributed by atoms with Gasteiger partial charge in [-0.2, -0.15) is 0 Å². The molecule has 18 heteroatoms. The highest BCUT2D eigenvalue weighted by Crippen LogP contribution is 2.45. The zero-order chi connectivity index (χ0) is 87.9. The van der Waals surface area contributed by atoms with Crippen molar-refractivity contribution in [1.29, 1.82) is 0 Å². The maximum Gasteiger partial charge on any atom is 0.472 e. The van der Waals surface area contributed by atoms with Crippen LogP contribution >= 0.6 is 15.6 Å². The average molecular weight is 1730 g/mol. The van der Waals surface area contributed by atoms with E-state index in [4.69, 9.17) is 32.3 Å². The first-order valence-corrected chi connectivity index (χ1v) is 50.7. The second-order valence-corrected chi connectivity index (χ2v) is 34.3. The second-order valence-electron chi connectivity index (χ2n) is 31.4. The number of phosphoric acid groups is 2. The van der Waals surface area contributed by atoms with Crippen LogP contribution in [0.5, 0.6) is 0 Å². The van der Waals surface area contributed by atoms with Gasteiger partial charge in [0.2, 0.25) is 0 Å². The van der Waals surface area contributed by atoms with Crippen molar-refractivity contribution >= 4 is 33.6 Å². The van der Waals surface area contributed by atoms with Crippen LogP contribution in [0.4, 0.5) is 0 Å². The molecule has 0 rings (SSSR count). The van der Waals surface area contributed by atoms with Crippen LogP contribution in [-0.2, 0) is 55.8 Å². The zero-order valence-electron chi connectivity index (χ0n) is 76.1. The Bertz CT molecular complexity index is 2980. The normalized spacial score (nSPS) is 14.6. The van der Waals surface area contributed by atoms with Gasteiger partial charge in [0.15, 0.2) is 6.10 Å². The third kappa shape index (κ3) is 94.9. The first kappa shape index (κ1) is 115. The molecular weight excluding hydrogens is 1560 g/mol. The number of aliphatic hydroxyl groups is 2. The highest BCUT2D eigenvalue weighted by molar-refractivity contribution is 7.47. The molecular formula is C103H172O16P2. The number of allylic oxidation sites excluding steroid dienone is 32. The number of phosphoric ester groups is 2. The van der Waals surface area contributed by atoms with Crippen LogP contribution in [0.1, 0.15) is 380 Å². The third-order valence-corrected chi connectivity index (χ3v) is 21.7. The molecule has 4 N–H and O–H groups in total. The highest BCUT2D eigenvalue weighted by atomic mass is 31.2. The van der Waals surface area contributed by atoms with E-state index in [9.17, 15) is 43.5 Å². The van der Waals surface area contributed by atoms with Crippen molar-refractivity contribution in [2.75, 3.05) is 39.6 Å². The Labute approximate surface area is 737 Å². The minimum atomic E-state index is -4.96. The molecule has 5 unspecified atom stereocenters. The van der Waals surface area contributed by atoms with E-state index >= 15 is 0 Å². The van der Waals surface area contributed by atoms with E-state index in [-0.39, 0.29) is 19.3 Å². The number of ether oxygens (including phenoxy) is 3. The van der Waals surface area contributed by atoms with Crippen molar-refractivity contribution in [3.05, 3.63) is 194 Å². The van der Waals surface area contributed by atoms with Crippen molar-refractivity contribution in [2.45, 2.75) is 399 Å². The predicted octanol–water partition coefficient (Wildman–Crippen LogP) is 29.8. The molecule has 0 aliphatic carbocycles. The van der Waals surface area contributed by atoms with Crippen molar-refractivity contribution in [3.63, 3.8) is 0 Å². The molecule has 0 heterocycles. The van der Waals surface area contributed by atoms with Crippen LogP contribution in [0, 0.1) is 0 Å². The van der Waals surface area contributed by atoms with E-state index in [1.807, 2.05) is 0 Å². The second kappa shape index (κ2) is 93.5. The summed E-state index contributed by atoms with van der Waals surface area (Å²) in [5, 5.41) is 20.8. The van der Waals surface area contributed by atoms with E-state index in [2.05, 4.69) is 215 Å². The van der Waals surface area contributed by atoms with Gasteiger partial charge in [-0.25, -0.2) is 9.13 Å². The zero-order valence-corrected chi connectivity index (χ0v) is 77.9. The average Bonchev–Trinajstić information content (AvgIpc) is 0.877. The van der Waals surface area contributed by atoms with Crippen molar-refractivity contribution in [3.8, 4) is 0 Å². The Morgan fingerprint density at radius 3 is 0.653 bits per heavy atom. The van der Waals surface area contributed by atoms with E-state index in [0.29, 0.717) is 19.3 Å². The smallest absolute Gasteiger partial charge is 0.463 e. The Hall–Kier alpha value is -5.61. The molecule has 690 valence electrons. The lowest BCUT2D eigenvalue weighted by molar-refractivity contribution is -0.161. The molecule has 16 nitrogen and oxygen atoms in total. The number of rotatable bonds is 89. The van der Waals surface area contributed by atoms with E-state index < -0.39 is 91.5 Å². The van der Waals surface area contributed by atoms with Gasteiger partial charge >= 0.3 is 33.6 Å². The monoisotopic (exact) mass is 1730 g/mol. The Morgan fingerprint density at radius 1 is 0.231 bits per heavy atom. The van der Waals surface area contributed by atoms with Crippen molar-refractivity contribution in [2.24, 2.45) is 0 Å². The summed E-state index contributed by atoms with van der Waals surface area (Å²) in [4.78, 5) is 59.1. The minimum absolute atomic E-state index is 0.0689. The summed E-state index contributed by atoms with van der Waals surface area (Å²) in [5.41, 5.74) is 0. The van der Waals surface area contributed by atoms with Gasteiger partial charge in [0.05, 0.1) is 26.4 Å². The molecule has 0 aromatic heterocycles. The van der Waals surface area contributed by atoms with Crippen LogP contribution < -0.4 is 0 Å². The van der Waals surface area contributed by atoms with Crippen LogP contribution in [0.25, 0.3) is 0 Å². The lowest BCUT2D eigenvalue weighted by atomic mass is 10.0. The van der Waals surface area contributed by atoms with Gasteiger partial charge in [0.1, 0.15) is 25.4 Å². The summed E-state index contributed by atoms with van der Waals surface area (Å²) >= 11 is 0. The summed E-state index contributed by atoms with van der Waals surface area (Å²) in [5.74, 6) is -1.60. The van der Waals surface area contributed by atoms with Gasteiger partial charge in [-0.15, -0.1) is 0 Å². The summed E-state index contributed by atoms with van der Waals surface area (Å²) in [7, 11) is -9.83. The highest BCUT2D eigenvalue weighted by Gasteiger charge is 2.30. The summed E-state index contributed by atoms with van der Waals surface area (Å²) in [6.45, 7) is 2.35. The minimum Gasteiger partial charge on any atom is -0.463 e. The molecule has 0 saturated heterocycles. The SMILES string of the molecule is CC/C=C\C/C=C\C/C=C\C/C=C\C/C=C\C/C=C\CCCCCCC(=O)OC(COC(=O)CCCCCCCCCCCCCCC/C=C\C/C=C\C/C=C\C/C=C\C/C=C\CC)COP(=O)(O)OCC(O)COP(=O)(O)OCC(O)COC(=O)CCCCCCCCCCCCCCCCCCC/C=C\C/C=C\C/C=C\C/C=C\C/C=C\CC. The van der Waals surface area contributed by atoms with Crippen molar-refractivity contribution in [1.82, 2.24) is 0 Å². The third-order valence-electron chi connectivity index (χ3n) is 19.8. The fraction of sp³-hybridized carbons (Fsp3) is 0.660. The Balaban J connectivity index is 4.61. The molecule has 0 aliphatic heterocycles. The number of hydrogen-bond acceptors (Lipinski definition) is 14. The van der Waals surface area contributed by atoms with Gasteiger partial charge in [-0.05, 0) is 161 Å². The maximum absolute atomic E-state index is 13.1. The number of unbranched alkanes of at least 4 members (excludes halogenated alkanes) is 34. The largest absolute Gasteiger partial charge is 0.472 e. The Morgan fingerprint density at radius 2 is 0.413 bits per heavy atom. The molecule has 0 amide bonds. The molecule has 0 radical (unpaired) electrons. The van der Waals surface area contributed by atoms with Crippen LogP contribution in [0.15, 0.2) is 194 Å². The lowest BCUT2D eigenvalue weighted by Gasteiger charge is -2.21. The van der Waals surface area contributed by atoms with Gasteiger partial charge in [0, 0.05) is 19.3 Å². The number of carbonyl (C=O) groups is 3. The molecule has 0 fully saturated rings. The van der Waals surface area contributed by atoms with Gasteiger partial charge in [-0.1, -0.05) is 395 Å². The lowest BCUT2D eigenvalue weighted by Crippen LogP contribution is -2.30. The fourth-order valence-corrected chi connectivity index (χ4v) is 14.3. The molecule has 0 bridgehead atoms. The molecule has 0 aromatic rings. The van der Waals surface area contributed by atoms with E-state index in [1.165, 1.54) is 141 Å². The number of esters is 3. The number of aliphatic hydroxyl groups excluding tert-OH is 2. The Kier molecular flexibility index (Phi) is 89.2. The van der Waals surface area contributed by atoms with E-state index in [0.717, 1.165) is 180 Å². The quantitative estimate of drug-likeness (QED) is 0.0146. The number of carbonyl (C=O) groups excluding carboxylic acids is 3. The maximum atomic E-state index is 13.1. The molecule has 0 aromatic carbocycles. The number of hydrogen-bond donors (Lipinski definition) is 4. The van der Waals surface area contributed by atoms with Gasteiger partial charge in [-0.3, -0.25) is 32.5 Å². The van der Waals surface area contributed by atoms with Crippen molar-refractivity contribution < 1.29 is 75.8 Å².